The normalized spacial score (nSPS) is 16.5. The van der Waals surface area contributed by atoms with Gasteiger partial charge in [-0.1, -0.05) is 12.1 Å². The Bertz CT molecular complexity index is 1170. The van der Waals surface area contributed by atoms with Crippen LogP contribution in [0.25, 0.3) is 0 Å². The molecule has 1 aliphatic heterocycles. The summed E-state index contributed by atoms with van der Waals surface area (Å²) < 4.78 is 36.7. The summed E-state index contributed by atoms with van der Waals surface area (Å²) in [5.41, 5.74) is 7.31. The number of rotatable bonds is 12. The van der Waals surface area contributed by atoms with Gasteiger partial charge in [-0.15, -0.1) is 0 Å². The summed E-state index contributed by atoms with van der Waals surface area (Å²) in [5, 5.41) is 16.7. The van der Waals surface area contributed by atoms with Crippen LogP contribution in [0.5, 0.6) is 5.75 Å². The van der Waals surface area contributed by atoms with Crippen molar-refractivity contribution in [3.63, 3.8) is 0 Å². The number of amides is 1. The van der Waals surface area contributed by atoms with Crippen molar-refractivity contribution in [1.82, 2.24) is 4.72 Å². The van der Waals surface area contributed by atoms with Crippen LogP contribution in [0.15, 0.2) is 48.5 Å². The van der Waals surface area contributed by atoms with Crippen molar-refractivity contribution in [3.05, 3.63) is 59.7 Å². The number of nitrogens with zero attached hydrogens (tertiary/aromatic N) is 1. The van der Waals surface area contributed by atoms with Crippen molar-refractivity contribution < 1.29 is 32.6 Å². The van der Waals surface area contributed by atoms with Crippen LogP contribution in [-0.4, -0.2) is 62.5 Å². The van der Waals surface area contributed by atoms with Gasteiger partial charge in [0.1, 0.15) is 23.7 Å². The van der Waals surface area contributed by atoms with E-state index in [1.165, 1.54) is 11.8 Å². The topological polar surface area (TPSA) is 172 Å². The van der Waals surface area contributed by atoms with Gasteiger partial charge in [0.25, 0.3) is 0 Å². The van der Waals surface area contributed by atoms with Crippen molar-refractivity contribution in [2.24, 2.45) is 5.73 Å². The molecule has 12 heteroatoms. The molecule has 5 N–H and O–H groups in total. The standard InChI is InChI=1S/C23H28N4O7S/c1-2-35(31,32)26-20(22(28)29)13-15-3-9-18(10-4-15)33-12-11-19-14-27(23(30)34-19)17-7-5-16(6-8-17)21(24)25/h3-10,19-20,26H,2,11-14H2,1H3,(H3,24,25)(H,28,29). The quantitative estimate of drug-likeness (QED) is 0.250. The number of nitrogens with two attached hydrogens (primary N) is 1. The van der Waals surface area contributed by atoms with Gasteiger partial charge in [0.15, 0.2) is 0 Å². The molecule has 0 aromatic heterocycles. The highest BCUT2D eigenvalue weighted by atomic mass is 32.2. The minimum absolute atomic E-state index is 0.00387. The molecule has 188 valence electrons. The van der Waals surface area contributed by atoms with Crippen molar-refractivity contribution in [2.75, 3.05) is 23.8 Å². The van der Waals surface area contributed by atoms with Crippen molar-refractivity contribution in [3.8, 4) is 5.75 Å². The number of benzene rings is 2. The Kier molecular flexibility index (Phi) is 8.30. The van der Waals surface area contributed by atoms with Crippen LogP contribution in [0.3, 0.4) is 0 Å². The number of cyclic esters (lactones) is 1. The van der Waals surface area contributed by atoms with E-state index in [-0.39, 0.29) is 24.1 Å². The Morgan fingerprint density at radius 2 is 1.91 bits per heavy atom. The maximum Gasteiger partial charge on any atom is 0.414 e. The van der Waals surface area contributed by atoms with Crippen LogP contribution < -0.4 is 20.1 Å². The summed E-state index contributed by atoms with van der Waals surface area (Å²) in [5.74, 6) is -0.955. The molecule has 0 bridgehead atoms. The predicted octanol–water partition coefficient (Wildman–Crippen LogP) is 1.70. The number of sulfonamides is 1. The molecule has 1 heterocycles. The summed E-state index contributed by atoms with van der Waals surface area (Å²) >= 11 is 0. The minimum atomic E-state index is -3.65. The first-order valence-corrected chi connectivity index (χ1v) is 12.6. The highest BCUT2D eigenvalue weighted by Gasteiger charge is 2.32. The molecule has 2 atom stereocenters. The van der Waals surface area contributed by atoms with E-state index >= 15 is 0 Å². The van der Waals surface area contributed by atoms with Crippen LogP contribution in [0, 0.1) is 5.41 Å². The smallest absolute Gasteiger partial charge is 0.414 e. The molecule has 1 saturated heterocycles. The second-order valence-electron chi connectivity index (χ2n) is 7.97. The fraction of sp³-hybridized carbons (Fsp3) is 0.348. The number of carboxylic acids is 1. The van der Waals surface area contributed by atoms with Crippen LogP contribution in [0.4, 0.5) is 10.5 Å². The van der Waals surface area contributed by atoms with E-state index in [4.69, 9.17) is 20.6 Å². The highest BCUT2D eigenvalue weighted by Crippen LogP contribution is 2.24. The largest absolute Gasteiger partial charge is 0.493 e. The second-order valence-corrected chi connectivity index (χ2v) is 10.0. The molecule has 35 heavy (non-hydrogen) atoms. The highest BCUT2D eigenvalue weighted by molar-refractivity contribution is 7.89. The average molecular weight is 505 g/mol. The lowest BCUT2D eigenvalue weighted by atomic mass is 10.1. The molecular weight excluding hydrogens is 476 g/mol. The zero-order valence-electron chi connectivity index (χ0n) is 19.1. The number of carbonyl (C=O) groups excluding carboxylic acids is 1. The third-order valence-electron chi connectivity index (χ3n) is 5.44. The SMILES string of the molecule is CCS(=O)(=O)NC(Cc1ccc(OCCC2CN(c3ccc(C(=N)N)cc3)C(=O)O2)cc1)C(=O)O. The zero-order valence-corrected chi connectivity index (χ0v) is 20.0. The Balaban J connectivity index is 1.48. The fourth-order valence-corrected chi connectivity index (χ4v) is 4.23. The summed E-state index contributed by atoms with van der Waals surface area (Å²) in [6.45, 7) is 2.09. The number of carbonyl (C=O) groups is 2. The third kappa shape index (κ3) is 7.17. The Hall–Kier alpha value is -3.64. The molecule has 2 aromatic rings. The van der Waals surface area contributed by atoms with Gasteiger partial charge in [-0.25, -0.2) is 17.9 Å². The number of aliphatic carboxylic acids is 1. The van der Waals surface area contributed by atoms with Crippen molar-refractivity contribution >= 4 is 33.6 Å². The van der Waals surface area contributed by atoms with E-state index in [1.807, 2.05) is 0 Å². The molecule has 3 rings (SSSR count). The summed E-state index contributed by atoms with van der Waals surface area (Å²) in [6, 6.07) is 12.2. The molecule has 0 radical (unpaired) electrons. The van der Waals surface area contributed by atoms with Gasteiger partial charge in [-0.05, 0) is 55.3 Å². The first-order chi connectivity index (χ1) is 16.6. The Morgan fingerprint density at radius 3 is 2.49 bits per heavy atom. The lowest BCUT2D eigenvalue weighted by Crippen LogP contribution is -2.42. The van der Waals surface area contributed by atoms with E-state index in [1.54, 1.807) is 48.5 Å². The van der Waals surface area contributed by atoms with Gasteiger partial charge < -0.3 is 20.3 Å². The van der Waals surface area contributed by atoms with Gasteiger partial charge >= 0.3 is 12.1 Å². The van der Waals surface area contributed by atoms with Crippen LogP contribution >= 0.6 is 0 Å². The number of hydrogen-bond acceptors (Lipinski definition) is 7. The molecule has 11 nitrogen and oxygen atoms in total. The van der Waals surface area contributed by atoms with Crippen LogP contribution in [0.2, 0.25) is 0 Å². The van der Waals surface area contributed by atoms with Crippen LogP contribution in [0.1, 0.15) is 24.5 Å². The summed E-state index contributed by atoms with van der Waals surface area (Å²) in [7, 11) is -3.65. The monoisotopic (exact) mass is 504 g/mol. The zero-order chi connectivity index (χ0) is 25.6. The molecule has 0 saturated carbocycles. The van der Waals surface area contributed by atoms with Crippen molar-refractivity contribution in [1.29, 1.82) is 5.41 Å². The molecule has 2 unspecified atom stereocenters. The fourth-order valence-electron chi connectivity index (χ4n) is 3.45. The molecular formula is C23H28N4O7S. The lowest BCUT2D eigenvalue weighted by Gasteiger charge is -2.15. The van der Waals surface area contributed by atoms with E-state index in [0.717, 1.165) is 0 Å². The minimum Gasteiger partial charge on any atom is -0.493 e. The second kappa shape index (κ2) is 11.2. The maximum atomic E-state index is 12.2. The van der Waals surface area contributed by atoms with Gasteiger partial charge in [-0.2, -0.15) is 0 Å². The number of hydrogen-bond donors (Lipinski definition) is 4. The number of anilines is 1. The number of nitrogen functional groups attached to an aromatic ring is 1. The molecule has 1 fully saturated rings. The summed E-state index contributed by atoms with van der Waals surface area (Å²) in [4.78, 5) is 25.1. The van der Waals surface area contributed by atoms with Crippen molar-refractivity contribution in [2.45, 2.75) is 31.9 Å². The molecule has 1 amide bonds. The predicted molar refractivity (Wildman–Crippen MR) is 129 cm³/mol. The molecule has 0 aliphatic carbocycles. The van der Waals surface area contributed by atoms with Gasteiger partial charge in [0, 0.05) is 17.7 Å². The first-order valence-electron chi connectivity index (χ1n) is 10.9. The number of nitrogens with one attached hydrogen (secondary N) is 2. The van der Waals surface area contributed by atoms with E-state index in [2.05, 4.69) is 4.72 Å². The Labute approximate surface area is 203 Å². The molecule has 2 aromatic carbocycles. The number of ether oxygens (including phenoxy) is 2. The molecule has 0 spiro atoms. The van der Waals surface area contributed by atoms with Gasteiger partial charge in [-0.3, -0.25) is 15.1 Å². The van der Waals surface area contributed by atoms with E-state index < -0.39 is 28.1 Å². The third-order valence-corrected chi connectivity index (χ3v) is 6.84. The van der Waals surface area contributed by atoms with E-state index in [9.17, 15) is 23.1 Å². The van der Waals surface area contributed by atoms with Gasteiger partial charge in [0.2, 0.25) is 10.0 Å². The lowest BCUT2D eigenvalue weighted by molar-refractivity contribution is -0.138. The van der Waals surface area contributed by atoms with Gasteiger partial charge in [0.05, 0.1) is 18.9 Å². The number of amidine groups is 1. The Morgan fingerprint density at radius 1 is 1.26 bits per heavy atom. The molecule has 1 aliphatic rings. The average Bonchev–Trinajstić information content (AvgIpc) is 3.19. The van der Waals surface area contributed by atoms with Crippen LogP contribution in [-0.2, 0) is 26.0 Å². The number of carboxylic acid groups (broad SMARTS) is 1. The van der Waals surface area contributed by atoms with E-state index in [0.29, 0.717) is 42.1 Å². The summed E-state index contributed by atoms with van der Waals surface area (Å²) in [6.07, 6.45) is -0.343. The maximum absolute atomic E-state index is 12.2. The first kappa shape index (κ1) is 26.0.